The molecule has 130 valence electrons. The first kappa shape index (κ1) is 16.9. The summed E-state index contributed by atoms with van der Waals surface area (Å²) >= 11 is 1.45. The van der Waals surface area contributed by atoms with Crippen LogP contribution < -0.4 is 14.8 Å². The van der Waals surface area contributed by atoms with E-state index in [9.17, 15) is 4.79 Å². The summed E-state index contributed by atoms with van der Waals surface area (Å²) in [5, 5.41) is 11.2. The van der Waals surface area contributed by atoms with Crippen LogP contribution in [0.4, 0.5) is 6.01 Å². The largest absolute Gasteiger partial charge is 0.497 e. The van der Waals surface area contributed by atoms with Crippen molar-refractivity contribution in [2.75, 3.05) is 19.0 Å². The molecular formula is C16H16N4O4S. The number of rotatable bonds is 6. The number of carbonyl (C=O) groups excluding carboxylic acids is 1. The third-order valence-electron chi connectivity index (χ3n) is 3.18. The van der Waals surface area contributed by atoms with E-state index in [4.69, 9.17) is 13.9 Å². The van der Waals surface area contributed by atoms with Gasteiger partial charge in [-0.3, -0.25) is 10.1 Å². The van der Waals surface area contributed by atoms with Gasteiger partial charge in [-0.25, -0.2) is 4.98 Å². The number of hydrogen-bond donors (Lipinski definition) is 1. The molecule has 0 aliphatic rings. The van der Waals surface area contributed by atoms with Crippen LogP contribution in [0.15, 0.2) is 28.7 Å². The molecule has 0 fully saturated rings. The molecule has 0 unspecified atom stereocenters. The highest BCUT2D eigenvalue weighted by Gasteiger charge is 2.16. The Balaban J connectivity index is 1.59. The first-order chi connectivity index (χ1) is 12.0. The smallest absolute Gasteiger partial charge is 0.322 e. The zero-order valence-electron chi connectivity index (χ0n) is 13.9. The fraction of sp³-hybridized carbons (Fsp3) is 0.250. The van der Waals surface area contributed by atoms with E-state index in [-0.39, 0.29) is 12.6 Å². The molecule has 3 rings (SSSR count). The van der Waals surface area contributed by atoms with Crippen molar-refractivity contribution in [3.05, 3.63) is 35.0 Å². The van der Waals surface area contributed by atoms with Crippen LogP contribution in [0.5, 0.6) is 11.5 Å². The second-order valence-electron chi connectivity index (χ2n) is 5.08. The molecule has 0 bridgehead atoms. The van der Waals surface area contributed by atoms with Crippen molar-refractivity contribution in [2.45, 2.75) is 13.8 Å². The van der Waals surface area contributed by atoms with Crippen LogP contribution in [0.3, 0.4) is 0 Å². The molecule has 1 aromatic carbocycles. The molecule has 1 amide bonds. The predicted octanol–water partition coefficient (Wildman–Crippen LogP) is 2.84. The minimum atomic E-state index is -0.407. The van der Waals surface area contributed by atoms with Crippen LogP contribution in [-0.2, 0) is 4.79 Å². The van der Waals surface area contributed by atoms with E-state index in [1.165, 1.54) is 11.3 Å². The van der Waals surface area contributed by atoms with E-state index < -0.39 is 5.91 Å². The summed E-state index contributed by atoms with van der Waals surface area (Å²) in [5.41, 5.74) is 0.811. The molecule has 0 atom stereocenters. The Morgan fingerprint density at radius 2 is 2.08 bits per heavy atom. The van der Waals surface area contributed by atoms with E-state index in [0.717, 1.165) is 15.6 Å². The number of methoxy groups -OCH3 is 1. The Labute approximate surface area is 147 Å². The summed E-state index contributed by atoms with van der Waals surface area (Å²) in [6, 6.07) is 6.99. The fourth-order valence-electron chi connectivity index (χ4n) is 2.09. The van der Waals surface area contributed by atoms with Gasteiger partial charge in [-0.15, -0.1) is 16.4 Å². The number of ether oxygens (including phenoxy) is 2. The number of aromatic nitrogens is 3. The SMILES string of the molecule is COc1cccc(OCC(=O)Nc2nnc(-c3sc(C)nc3C)o2)c1. The summed E-state index contributed by atoms with van der Waals surface area (Å²) in [6.45, 7) is 3.57. The first-order valence-electron chi connectivity index (χ1n) is 7.40. The normalized spacial score (nSPS) is 10.5. The fourth-order valence-corrected chi connectivity index (χ4v) is 2.93. The van der Waals surface area contributed by atoms with Crippen LogP contribution >= 0.6 is 11.3 Å². The van der Waals surface area contributed by atoms with Gasteiger partial charge in [0, 0.05) is 6.07 Å². The maximum Gasteiger partial charge on any atom is 0.322 e. The Bertz CT molecular complexity index is 890. The number of benzene rings is 1. The first-order valence-corrected chi connectivity index (χ1v) is 8.21. The molecule has 0 aliphatic heterocycles. The van der Waals surface area contributed by atoms with E-state index in [1.807, 2.05) is 13.8 Å². The molecule has 0 radical (unpaired) electrons. The van der Waals surface area contributed by atoms with E-state index >= 15 is 0 Å². The van der Waals surface area contributed by atoms with Crippen molar-refractivity contribution in [3.8, 4) is 22.3 Å². The standard InChI is InChI=1S/C16H16N4O4S/c1-9-14(25-10(2)17-9)15-19-20-16(24-15)18-13(21)8-23-12-6-4-5-11(7-12)22-3/h4-7H,8H2,1-3H3,(H,18,20,21). The lowest BCUT2D eigenvalue weighted by Gasteiger charge is -2.06. The third kappa shape index (κ3) is 4.13. The molecular weight excluding hydrogens is 344 g/mol. The van der Waals surface area contributed by atoms with Crippen LogP contribution in [0, 0.1) is 13.8 Å². The predicted molar refractivity (Wildman–Crippen MR) is 92.0 cm³/mol. The lowest BCUT2D eigenvalue weighted by Crippen LogP contribution is -2.20. The Morgan fingerprint density at radius 3 is 2.80 bits per heavy atom. The summed E-state index contributed by atoms with van der Waals surface area (Å²) in [7, 11) is 1.56. The minimum Gasteiger partial charge on any atom is -0.497 e. The van der Waals surface area contributed by atoms with E-state index in [2.05, 4.69) is 20.5 Å². The lowest BCUT2D eigenvalue weighted by molar-refractivity contribution is -0.118. The van der Waals surface area contributed by atoms with Gasteiger partial charge in [-0.1, -0.05) is 11.2 Å². The van der Waals surface area contributed by atoms with Gasteiger partial charge in [-0.05, 0) is 26.0 Å². The molecule has 1 N–H and O–H groups in total. The van der Waals surface area contributed by atoms with Gasteiger partial charge in [0.25, 0.3) is 11.8 Å². The van der Waals surface area contributed by atoms with Gasteiger partial charge in [0.1, 0.15) is 16.4 Å². The van der Waals surface area contributed by atoms with Crippen LogP contribution in [-0.4, -0.2) is 34.8 Å². The molecule has 0 saturated heterocycles. The average Bonchev–Trinajstić information content (AvgIpc) is 3.19. The van der Waals surface area contributed by atoms with Crippen molar-refractivity contribution in [2.24, 2.45) is 0 Å². The Kier molecular flexibility index (Phi) is 4.94. The monoisotopic (exact) mass is 360 g/mol. The molecule has 8 nitrogen and oxygen atoms in total. The topological polar surface area (TPSA) is 99.4 Å². The quantitative estimate of drug-likeness (QED) is 0.721. The molecule has 2 heterocycles. The highest BCUT2D eigenvalue weighted by Crippen LogP contribution is 2.29. The minimum absolute atomic E-state index is 0.0136. The van der Waals surface area contributed by atoms with Crippen molar-refractivity contribution in [1.82, 2.24) is 15.2 Å². The summed E-state index contributed by atoms with van der Waals surface area (Å²) in [4.78, 5) is 17.1. The number of amides is 1. The number of aryl methyl sites for hydroxylation is 2. The third-order valence-corrected chi connectivity index (χ3v) is 4.24. The number of carbonyl (C=O) groups is 1. The molecule has 3 aromatic rings. The second kappa shape index (κ2) is 7.31. The summed E-state index contributed by atoms with van der Waals surface area (Å²) in [6.07, 6.45) is 0. The molecule has 0 saturated carbocycles. The van der Waals surface area contributed by atoms with Gasteiger partial charge >= 0.3 is 6.01 Å². The van der Waals surface area contributed by atoms with Crippen molar-refractivity contribution < 1.29 is 18.7 Å². The lowest BCUT2D eigenvalue weighted by atomic mass is 10.3. The molecule has 25 heavy (non-hydrogen) atoms. The van der Waals surface area contributed by atoms with Crippen molar-refractivity contribution in [1.29, 1.82) is 0 Å². The Hall–Kier alpha value is -2.94. The van der Waals surface area contributed by atoms with Crippen molar-refractivity contribution in [3.63, 3.8) is 0 Å². The number of nitrogens with one attached hydrogen (secondary N) is 1. The number of nitrogens with zero attached hydrogens (tertiary/aromatic N) is 3. The number of thiazole rings is 1. The van der Waals surface area contributed by atoms with Gasteiger partial charge in [0.15, 0.2) is 6.61 Å². The zero-order chi connectivity index (χ0) is 17.8. The van der Waals surface area contributed by atoms with Gasteiger partial charge in [0.05, 0.1) is 17.8 Å². The molecule has 0 aliphatic carbocycles. The Morgan fingerprint density at radius 1 is 1.28 bits per heavy atom. The van der Waals surface area contributed by atoms with Gasteiger partial charge in [-0.2, -0.15) is 0 Å². The van der Waals surface area contributed by atoms with E-state index in [0.29, 0.717) is 17.4 Å². The zero-order valence-corrected chi connectivity index (χ0v) is 14.7. The van der Waals surface area contributed by atoms with Crippen LogP contribution in [0.2, 0.25) is 0 Å². The molecule has 2 aromatic heterocycles. The highest BCUT2D eigenvalue weighted by molar-refractivity contribution is 7.15. The average molecular weight is 360 g/mol. The highest BCUT2D eigenvalue weighted by atomic mass is 32.1. The molecule has 9 heteroatoms. The van der Waals surface area contributed by atoms with E-state index in [1.54, 1.807) is 31.4 Å². The van der Waals surface area contributed by atoms with Gasteiger partial charge < -0.3 is 13.9 Å². The summed E-state index contributed by atoms with van der Waals surface area (Å²) < 4.78 is 16.0. The summed E-state index contributed by atoms with van der Waals surface area (Å²) in [5.74, 6) is 1.09. The maximum absolute atomic E-state index is 12.0. The van der Waals surface area contributed by atoms with Crippen LogP contribution in [0.25, 0.3) is 10.8 Å². The number of hydrogen-bond acceptors (Lipinski definition) is 8. The number of anilines is 1. The molecule has 0 spiro atoms. The van der Waals surface area contributed by atoms with Crippen LogP contribution in [0.1, 0.15) is 10.7 Å². The maximum atomic E-state index is 12.0. The van der Waals surface area contributed by atoms with Crippen molar-refractivity contribution >= 4 is 23.3 Å². The second-order valence-corrected chi connectivity index (χ2v) is 6.28. The van der Waals surface area contributed by atoms with Gasteiger partial charge in [0.2, 0.25) is 0 Å².